The van der Waals surface area contributed by atoms with Gasteiger partial charge in [0.15, 0.2) is 4.34 Å². The number of H-pyrrole nitrogens is 1. The van der Waals surface area contributed by atoms with Crippen LogP contribution in [0.25, 0.3) is 0 Å². The third-order valence-corrected chi connectivity index (χ3v) is 3.03. The molecular formula is C5H5N5S2. The molecule has 0 bridgehead atoms. The van der Waals surface area contributed by atoms with Crippen molar-refractivity contribution in [2.45, 2.75) is 16.4 Å². The maximum atomic E-state index is 4.25. The minimum Gasteiger partial charge on any atom is -0.235 e. The Bertz CT molecular complexity index is 354. The Morgan fingerprint density at radius 1 is 1.58 bits per heavy atom. The second kappa shape index (κ2) is 3.20. The van der Waals surface area contributed by atoms with E-state index >= 15 is 0 Å². The van der Waals surface area contributed by atoms with E-state index in [0.717, 1.165) is 10.0 Å². The van der Waals surface area contributed by atoms with Gasteiger partial charge in [-0.2, -0.15) is 0 Å². The van der Waals surface area contributed by atoms with Gasteiger partial charge in [-0.3, -0.25) is 0 Å². The van der Waals surface area contributed by atoms with Crippen LogP contribution in [0.1, 0.15) is 5.69 Å². The predicted octanol–water partition coefficient (Wildman–Crippen LogP) is 1.12. The fourth-order valence-corrected chi connectivity index (χ4v) is 2.27. The van der Waals surface area contributed by atoms with Crippen LogP contribution >= 0.6 is 23.1 Å². The number of nitrogens with zero attached hydrogens (tertiary/aromatic N) is 4. The third kappa shape index (κ3) is 1.62. The largest absolute Gasteiger partial charge is 0.235 e. The zero-order valence-corrected chi connectivity index (χ0v) is 7.82. The van der Waals surface area contributed by atoms with Crippen LogP contribution in [-0.2, 0) is 0 Å². The van der Waals surface area contributed by atoms with Crippen LogP contribution in [0.15, 0.2) is 14.9 Å². The molecule has 7 heteroatoms. The summed E-state index contributed by atoms with van der Waals surface area (Å²) in [5, 5.41) is 16.0. The van der Waals surface area contributed by atoms with Crippen LogP contribution in [0, 0.1) is 6.92 Å². The van der Waals surface area contributed by atoms with E-state index < -0.39 is 0 Å². The Kier molecular flexibility index (Phi) is 2.05. The molecule has 0 saturated heterocycles. The Morgan fingerprint density at radius 3 is 3.08 bits per heavy atom. The number of aromatic nitrogens is 5. The van der Waals surface area contributed by atoms with E-state index in [0.29, 0.717) is 5.16 Å². The first-order chi connectivity index (χ1) is 5.84. The zero-order valence-electron chi connectivity index (χ0n) is 6.18. The van der Waals surface area contributed by atoms with Crippen molar-refractivity contribution in [2.24, 2.45) is 0 Å². The highest BCUT2D eigenvalue weighted by molar-refractivity contribution is 8.00. The molecule has 0 amide bonds. The molecule has 0 aromatic carbocycles. The van der Waals surface area contributed by atoms with Gasteiger partial charge in [-0.1, -0.05) is 0 Å². The number of rotatable bonds is 2. The summed E-state index contributed by atoms with van der Waals surface area (Å²) < 4.78 is 0.950. The average Bonchev–Trinajstić information content (AvgIpc) is 2.63. The van der Waals surface area contributed by atoms with Crippen LogP contribution < -0.4 is 0 Å². The minimum absolute atomic E-state index is 0.671. The van der Waals surface area contributed by atoms with Crippen LogP contribution in [0.3, 0.4) is 0 Å². The molecule has 0 atom stereocenters. The molecule has 1 N–H and O–H groups in total. The molecule has 0 unspecified atom stereocenters. The van der Waals surface area contributed by atoms with Gasteiger partial charge < -0.3 is 0 Å². The Balaban J connectivity index is 2.14. The van der Waals surface area contributed by atoms with Crippen molar-refractivity contribution in [2.75, 3.05) is 0 Å². The first-order valence-corrected chi connectivity index (χ1v) is 4.88. The summed E-state index contributed by atoms with van der Waals surface area (Å²) >= 11 is 3.01. The maximum Gasteiger partial charge on any atom is 0.213 e. The molecule has 0 saturated carbocycles. The molecule has 0 aliphatic heterocycles. The molecule has 2 rings (SSSR count). The summed E-state index contributed by atoms with van der Waals surface area (Å²) in [6.45, 7) is 1.96. The molecule has 2 heterocycles. The van der Waals surface area contributed by atoms with Crippen LogP contribution in [0.5, 0.6) is 0 Å². The molecule has 5 nitrogen and oxygen atoms in total. The third-order valence-electron chi connectivity index (χ3n) is 1.11. The van der Waals surface area contributed by atoms with Gasteiger partial charge in [-0.05, 0) is 29.1 Å². The number of thiazole rings is 1. The van der Waals surface area contributed by atoms with Gasteiger partial charge in [0.2, 0.25) is 5.16 Å². The van der Waals surface area contributed by atoms with Crippen LogP contribution in [0.4, 0.5) is 0 Å². The molecule has 62 valence electrons. The Hall–Kier alpha value is -0.950. The molecule has 2 aromatic heterocycles. The standard InChI is InChI=1S/C5H5N5S2/c1-3-2-11-5(6-3)12-4-7-9-10-8-4/h2H,1H3,(H,7,8,9,10). The number of aryl methyl sites for hydroxylation is 1. The summed E-state index contributed by atoms with van der Waals surface area (Å²) in [5.41, 5.74) is 1.02. The smallest absolute Gasteiger partial charge is 0.213 e. The van der Waals surface area contributed by atoms with Crippen molar-refractivity contribution in [3.05, 3.63) is 11.1 Å². The van der Waals surface area contributed by atoms with Crippen molar-refractivity contribution in [3.8, 4) is 0 Å². The van der Waals surface area contributed by atoms with Gasteiger partial charge in [0, 0.05) is 11.1 Å². The average molecular weight is 199 g/mol. The number of aromatic amines is 1. The highest BCUT2D eigenvalue weighted by Gasteiger charge is 2.03. The molecule has 2 aromatic rings. The predicted molar refractivity (Wildman–Crippen MR) is 45.2 cm³/mol. The van der Waals surface area contributed by atoms with Gasteiger partial charge in [-0.25, -0.2) is 10.1 Å². The molecular weight excluding hydrogens is 194 g/mol. The van der Waals surface area contributed by atoms with Gasteiger partial charge in [0.1, 0.15) is 0 Å². The lowest BCUT2D eigenvalue weighted by molar-refractivity contribution is 0.881. The number of tetrazole rings is 1. The molecule has 12 heavy (non-hydrogen) atoms. The molecule has 0 spiro atoms. The normalized spacial score (nSPS) is 10.4. The van der Waals surface area contributed by atoms with E-state index in [1.165, 1.54) is 11.8 Å². The quantitative estimate of drug-likeness (QED) is 0.784. The van der Waals surface area contributed by atoms with Crippen molar-refractivity contribution < 1.29 is 0 Å². The highest BCUT2D eigenvalue weighted by atomic mass is 32.2. The summed E-state index contributed by atoms with van der Waals surface area (Å²) in [5.74, 6) is 0. The van der Waals surface area contributed by atoms with E-state index in [2.05, 4.69) is 25.6 Å². The first-order valence-electron chi connectivity index (χ1n) is 3.18. The van der Waals surface area contributed by atoms with Crippen molar-refractivity contribution >= 4 is 23.1 Å². The van der Waals surface area contributed by atoms with Crippen LogP contribution in [-0.4, -0.2) is 25.6 Å². The van der Waals surface area contributed by atoms with Crippen LogP contribution in [0.2, 0.25) is 0 Å². The monoisotopic (exact) mass is 199 g/mol. The number of hydrogen-bond donors (Lipinski definition) is 1. The molecule has 0 fully saturated rings. The minimum atomic E-state index is 0.671. The zero-order chi connectivity index (χ0) is 8.39. The lowest BCUT2D eigenvalue weighted by Crippen LogP contribution is -1.75. The summed E-state index contributed by atoms with van der Waals surface area (Å²) in [6, 6.07) is 0. The van der Waals surface area contributed by atoms with E-state index in [1.807, 2.05) is 12.3 Å². The van der Waals surface area contributed by atoms with Gasteiger partial charge in [-0.15, -0.1) is 16.4 Å². The maximum absolute atomic E-state index is 4.25. The van der Waals surface area contributed by atoms with Crippen molar-refractivity contribution in [1.29, 1.82) is 0 Å². The summed E-state index contributed by atoms with van der Waals surface area (Å²) in [6.07, 6.45) is 0. The van der Waals surface area contributed by atoms with Crippen molar-refractivity contribution in [3.63, 3.8) is 0 Å². The Labute approximate surface area is 76.6 Å². The van der Waals surface area contributed by atoms with Crippen molar-refractivity contribution in [1.82, 2.24) is 25.6 Å². The molecule has 0 radical (unpaired) electrons. The van der Waals surface area contributed by atoms with Gasteiger partial charge in [0.25, 0.3) is 0 Å². The van der Waals surface area contributed by atoms with Gasteiger partial charge in [0.05, 0.1) is 0 Å². The second-order valence-corrected chi connectivity index (χ2v) is 4.16. The molecule has 0 aliphatic rings. The first kappa shape index (κ1) is 7.69. The van der Waals surface area contributed by atoms with Gasteiger partial charge >= 0.3 is 0 Å². The summed E-state index contributed by atoms with van der Waals surface area (Å²) in [7, 11) is 0. The van der Waals surface area contributed by atoms with E-state index in [1.54, 1.807) is 11.3 Å². The number of nitrogens with one attached hydrogen (secondary N) is 1. The second-order valence-electron chi connectivity index (χ2n) is 2.06. The van der Waals surface area contributed by atoms with E-state index in [4.69, 9.17) is 0 Å². The van der Waals surface area contributed by atoms with E-state index in [9.17, 15) is 0 Å². The SMILES string of the molecule is Cc1csc(Sc2nnn[nH]2)n1. The lowest BCUT2D eigenvalue weighted by Gasteiger charge is -1.86. The fraction of sp³-hybridized carbons (Fsp3) is 0.200. The number of hydrogen-bond acceptors (Lipinski definition) is 6. The topological polar surface area (TPSA) is 67.3 Å². The highest BCUT2D eigenvalue weighted by Crippen LogP contribution is 2.26. The molecule has 0 aliphatic carbocycles. The summed E-state index contributed by atoms with van der Waals surface area (Å²) in [4.78, 5) is 4.25. The lowest BCUT2D eigenvalue weighted by atomic mass is 10.6. The van der Waals surface area contributed by atoms with E-state index in [-0.39, 0.29) is 0 Å². The fourth-order valence-electron chi connectivity index (χ4n) is 0.656. The Morgan fingerprint density at radius 2 is 2.50 bits per heavy atom.